The Morgan fingerprint density at radius 3 is 2.03 bits per heavy atom. The van der Waals surface area contributed by atoms with Gasteiger partial charge in [0.1, 0.15) is 5.60 Å². The van der Waals surface area contributed by atoms with Crippen molar-refractivity contribution in [3.63, 3.8) is 0 Å². The number of hydrogen-bond donors (Lipinski definition) is 1. The Bertz CT molecular complexity index is 961. The van der Waals surface area contributed by atoms with Gasteiger partial charge in [0.25, 0.3) is 8.32 Å². The lowest BCUT2D eigenvalue weighted by molar-refractivity contribution is -0.160. The molecule has 2 aromatic carbocycles. The van der Waals surface area contributed by atoms with Gasteiger partial charge in [0, 0.05) is 11.8 Å². The number of rotatable bonds is 7. The first kappa shape index (κ1) is 25.1. The van der Waals surface area contributed by atoms with E-state index in [9.17, 15) is 9.90 Å². The predicted octanol–water partition coefficient (Wildman–Crippen LogP) is 3.67. The molecule has 4 rings (SSSR count). The SMILES string of the molecule is CCOC(=O)[C@H]1C(C)(C)[C@H]2O[C@]1(CO)C[C@@H]2O[Si](c1ccccc1)(c1ccccc1)C(C)(C)C. The molecule has 2 aliphatic heterocycles. The predicted molar refractivity (Wildman–Crippen MR) is 136 cm³/mol. The van der Waals surface area contributed by atoms with E-state index >= 15 is 0 Å². The lowest BCUT2D eigenvalue weighted by Gasteiger charge is -2.48. The molecule has 0 amide bonds. The quantitative estimate of drug-likeness (QED) is 0.482. The van der Waals surface area contributed by atoms with Crippen molar-refractivity contribution >= 4 is 24.7 Å². The third-order valence-corrected chi connectivity index (χ3v) is 12.8. The zero-order valence-electron chi connectivity index (χ0n) is 21.2. The summed E-state index contributed by atoms with van der Waals surface area (Å²) in [6.07, 6.45) is -0.110. The van der Waals surface area contributed by atoms with Crippen LogP contribution < -0.4 is 10.4 Å². The van der Waals surface area contributed by atoms with Crippen molar-refractivity contribution in [2.45, 2.75) is 70.8 Å². The number of esters is 1. The summed E-state index contributed by atoms with van der Waals surface area (Å²) in [7, 11) is -2.80. The minimum atomic E-state index is -2.80. The fourth-order valence-electron chi connectivity index (χ4n) is 6.44. The molecule has 184 valence electrons. The molecule has 0 spiro atoms. The van der Waals surface area contributed by atoms with Gasteiger partial charge in [0.15, 0.2) is 0 Å². The number of benzene rings is 2. The monoisotopic (exact) mass is 482 g/mol. The van der Waals surface area contributed by atoms with Gasteiger partial charge in [-0.3, -0.25) is 4.79 Å². The maximum absolute atomic E-state index is 13.0. The summed E-state index contributed by atoms with van der Waals surface area (Å²) in [4.78, 5) is 13.0. The second kappa shape index (κ2) is 8.90. The summed E-state index contributed by atoms with van der Waals surface area (Å²) in [5, 5.41) is 12.7. The van der Waals surface area contributed by atoms with E-state index in [4.69, 9.17) is 13.9 Å². The summed E-state index contributed by atoms with van der Waals surface area (Å²) in [5.41, 5.74) is -1.53. The van der Waals surface area contributed by atoms with E-state index in [-0.39, 0.29) is 29.8 Å². The smallest absolute Gasteiger partial charge is 0.312 e. The highest BCUT2D eigenvalue weighted by molar-refractivity contribution is 6.99. The molecule has 6 heteroatoms. The van der Waals surface area contributed by atoms with Crippen molar-refractivity contribution < 1.29 is 23.8 Å². The molecule has 0 saturated carbocycles. The van der Waals surface area contributed by atoms with E-state index in [0.29, 0.717) is 13.0 Å². The molecule has 0 aliphatic carbocycles. The molecule has 1 N–H and O–H groups in total. The van der Waals surface area contributed by atoms with E-state index in [1.54, 1.807) is 6.92 Å². The third-order valence-electron chi connectivity index (χ3n) is 7.78. The van der Waals surface area contributed by atoms with Crippen LogP contribution in [0.4, 0.5) is 0 Å². The molecule has 2 fully saturated rings. The lowest BCUT2D eigenvalue weighted by Crippen LogP contribution is -2.69. The van der Waals surface area contributed by atoms with Gasteiger partial charge in [-0.2, -0.15) is 0 Å². The largest absolute Gasteiger partial charge is 0.466 e. The maximum Gasteiger partial charge on any atom is 0.312 e. The molecule has 2 bridgehead atoms. The number of carbonyl (C=O) groups is 1. The number of aliphatic hydroxyl groups is 1. The Balaban J connectivity index is 1.81. The fraction of sp³-hybridized carbons (Fsp3) is 0.536. The molecule has 2 saturated heterocycles. The minimum absolute atomic E-state index is 0.172. The second-order valence-electron chi connectivity index (χ2n) is 11.3. The first-order valence-electron chi connectivity index (χ1n) is 12.3. The van der Waals surface area contributed by atoms with Crippen LogP contribution >= 0.6 is 0 Å². The van der Waals surface area contributed by atoms with E-state index in [1.165, 1.54) is 10.4 Å². The Morgan fingerprint density at radius 1 is 1.06 bits per heavy atom. The van der Waals surface area contributed by atoms with Crippen LogP contribution in [0.25, 0.3) is 0 Å². The number of carbonyl (C=O) groups excluding carboxylic acids is 1. The van der Waals surface area contributed by atoms with Crippen LogP contribution in [-0.4, -0.2) is 50.4 Å². The third kappa shape index (κ3) is 3.75. The molecule has 0 radical (unpaired) electrons. The van der Waals surface area contributed by atoms with E-state index in [0.717, 1.165) is 0 Å². The number of fused-ring (bicyclic) bond motifs is 2. The summed E-state index contributed by atoms with van der Waals surface area (Å²) >= 11 is 0. The van der Waals surface area contributed by atoms with Gasteiger partial charge >= 0.3 is 5.97 Å². The molecular formula is C28H38O5Si. The first-order chi connectivity index (χ1) is 16.0. The van der Waals surface area contributed by atoms with Gasteiger partial charge in [-0.25, -0.2) is 0 Å². The maximum atomic E-state index is 13.0. The van der Waals surface area contributed by atoms with Crippen LogP contribution in [0, 0.1) is 11.3 Å². The number of hydrogen-bond acceptors (Lipinski definition) is 5. The van der Waals surface area contributed by atoms with Gasteiger partial charge in [0.05, 0.1) is 31.3 Å². The molecular weight excluding hydrogens is 444 g/mol. The lowest BCUT2D eigenvalue weighted by atomic mass is 9.63. The van der Waals surface area contributed by atoms with Gasteiger partial charge in [-0.15, -0.1) is 0 Å². The average Bonchev–Trinajstić information content (AvgIpc) is 3.28. The van der Waals surface area contributed by atoms with E-state index in [1.807, 2.05) is 26.0 Å². The summed E-state index contributed by atoms with van der Waals surface area (Å²) in [5.74, 6) is -0.832. The Labute approximate surface area is 204 Å². The molecule has 2 aromatic rings. The van der Waals surface area contributed by atoms with Crippen molar-refractivity contribution in [2.24, 2.45) is 11.3 Å². The molecule has 2 aliphatic rings. The van der Waals surface area contributed by atoms with Gasteiger partial charge in [-0.1, -0.05) is 95.3 Å². The topological polar surface area (TPSA) is 65.0 Å². The Hall–Kier alpha value is -1.99. The molecule has 5 nitrogen and oxygen atoms in total. The molecule has 34 heavy (non-hydrogen) atoms. The molecule has 0 aromatic heterocycles. The van der Waals surface area contributed by atoms with Gasteiger partial charge < -0.3 is 19.0 Å². The molecule has 0 unspecified atom stereocenters. The average molecular weight is 483 g/mol. The van der Waals surface area contributed by atoms with Gasteiger partial charge in [0.2, 0.25) is 0 Å². The van der Waals surface area contributed by atoms with E-state index < -0.39 is 25.3 Å². The normalized spacial score (nSPS) is 28.1. The highest BCUT2D eigenvalue weighted by Crippen LogP contribution is 2.59. The Kier molecular flexibility index (Phi) is 6.57. The van der Waals surface area contributed by atoms with Crippen LogP contribution in [-0.2, 0) is 18.7 Å². The van der Waals surface area contributed by atoms with Gasteiger partial charge in [-0.05, 0) is 22.3 Å². The van der Waals surface area contributed by atoms with Crippen molar-refractivity contribution in [3.05, 3.63) is 60.7 Å². The van der Waals surface area contributed by atoms with Crippen molar-refractivity contribution in [2.75, 3.05) is 13.2 Å². The van der Waals surface area contributed by atoms with Crippen LogP contribution in [0.5, 0.6) is 0 Å². The van der Waals surface area contributed by atoms with Crippen molar-refractivity contribution in [1.82, 2.24) is 0 Å². The van der Waals surface area contributed by atoms with Crippen molar-refractivity contribution in [3.8, 4) is 0 Å². The summed E-state index contributed by atoms with van der Waals surface area (Å²) in [6, 6.07) is 21.0. The highest BCUT2D eigenvalue weighted by Gasteiger charge is 2.71. The second-order valence-corrected chi connectivity index (χ2v) is 15.5. The molecule has 4 atom stereocenters. The van der Waals surface area contributed by atoms with E-state index in [2.05, 4.69) is 69.3 Å². The molecule has 2 heterocycles. The minimum Gasteiger partial charge on any atom is -0.466 e. The number of aliphatic hydroxyl groups excluding tert-OH is 1. The van der Waals surface area contributed by atoms with Crippen LogP contribution in [0.1, 0.15) is 48.0 Å². The van der Waals surface area contributed by atoms with Crippen LogP contribution in [0.2, 0.25) is 5.04 Å². The number of ether oxygens (including phenoxy) is 2. The zero-order chi connectivity index (χ0) is 24.8. The fourth-order valence-corrected chi connectivity index (χ4v) is 11.1. The highest BCUT2D eigenvalue weighted by atomic mass is 28.4. The summed E-state index contributed by atoms with van der Waals surface area (Å²) in [6.45, 7) is 12.7. The Morgan fingerprint density at radius 2 is 1.59 bits per heavy atom. The van der Waals surface area contributed by atoms with Crippen LogP contribution in [0.3, 0.4) is 0 Å². The summed E-state index contributed by atoms with van der Waals surface area (Å²) < 4.78 is 19.3. The first-order valence-corrected chi connectivity index (χ1v) is 14.2. The zero-order valence-corrected chi connectivity index (χ0v) is 22.2. The van der Waals surface area contributed by atoms with Crippen LogP contribution in [0.15, 0.2) is 60.7 Å². The van der Waals surface area contributed by atoms with Crippen molar-refractivity contribution in [1.29, 1.82) is 0 Å². The standard InChI is InChI=1S/C28H38O5Si/c1-7-31-25(30)23-27(5,6)24-22(18-28(23,19-29)32-24)33-34(26(2,3)4,20-14-10-8-11-15-20)21-16-12-9-13-17-21/h8-17,22-24,29H,7,18-19H2,1-6H3/t22-,23-,24-,28-/m0/s1.